The van der Waals surface area contributed by atoms with Crippen molar-refractivity contribution in [2.24, 2.45) is 5.73 Å². The van der Waals surface area contributed by atoms with E-state index in [9.17, 15) is 19.7 Å². The fraction of sp³-hybridized carbons (Fsp3) is 0.200. The molecule has 0 saturated heterocycles. The number of nitrogens with zero attached hydrogens (tertiary/aromatic N) is 1. The van der Waals surface area contributed by atoms with Gasteiger partial charge in [0, 0.05) is 11.6 Å². The lowest BCUT2D eigenvalue weighted by molar-refractivity contribution is -0.384. The molecule has 4 N–H and O–H groups in total. The molecule has 1 rings (SSSR count). The van der Waals surface area contributed by atoms with E-state index in [1.54, 1.807) is 0 Å². The zero-order chi connectivity index (χ0) is 13.9. The minimum absolute atomic E-state index is 0.0138. The SMILES string of the molecule is CC(Nc1ccc(C(N)=O)cc1[N+](=O)[O-])C(=O)O. The highest BCUT2D eigenvalue weighted by Crippen LogP contribution is 2.26. The minimum atomic E-state index is -1.15. The molecule has 1 amide bonds. The van der Waals surface area contributed by atoms with Crippen molar-refractivity contribution in [2.45, 2.75) is 13.0 Å². The third kappa shape index (κ3) is 2.94. The van der Waals surface area contributed by atoms with Gasteiger partial charge in [0.25, 0.3) is 5.69 Å². The van der Waals surface area contributed by atoms with Gasteiger partial charge in [-0.1, -0.05) is 0 Å². The number of nitro groups is 1. The Kier molecular flexibility index (Phi) is 3.82. The van der Waals surface area contributed by atoms with Crippen molar-refractivity contribution in [3.63, 3.8) is 0 Å². The second kappa shape index (κ2) is 5.13. The first-order valence-electron chi connectivity index (χ1n) is 4.90. The lowest BCUT2D eigenvalue weighted by atomic mass is 10.1. The van der Waals surface area contributed by atoms with Crippen LogP contribution in [0.3, 0.4) is 0 Å². The Balaban J connectivity index is 3.16. The third-order valence-electron chi connectivity index (χ3n) is 2.22. The van der Waals surface area contributed by atoms with Gasteiger partial charge in [-0.2, -0.15) is 0 Å². The van der Waals surface area contributed by atoms with Crippen LogP contribution in [-0.2, 0) is 4.79 Å². The number of nitro benzene ring substituents is 1. The van der Waals surface area contributed by atoms with Crippen molar-refractivity contribution in [1.82, 2.24) is 0 Å². The highest BCUT2D eigenvalue weighted by Gasteiger charge is 2.20. The van der Waals surface area contributed by atoms with Gasteiger partial charge in [0.1, 0.15) is 11.7 Å². The van der Waals surface area contributed by atoms with Gasteiger partial charge in [0.05, 0.1) is 4.92 Å². The van der Waals surface area contributed by atoms with Gasteiger partial charge in [-0.15, -0.1) is 0 Å². The number of benzene rings is 1. The molecule has 0 heterocycles. The first-order valence-corrected chi connectivity index (χ1v) is 4.90. The van der Waals surface area contributed by atoms with Gasteiger partial charge in [-0.05, 0) is 19.1 Å². The molecular formula is C10H11N3O5. The Bertz CT molecular complexity index is 514. The molecule has 0 saturated carbocycles. The van der Waals surface area contributed by atoms with E-state index in [-0.39, 0.29) is 11.3 Å². The summed E-state index contributed by atoms with van der Waals surface area (Å²) < 4.78 is 0. The topological polar surface area (TPSA) is 136 Å². The van der Waals surface area contributed by atoms with Crippen molar-refractivity contribution in [2.75, 3.05) is 5.32 Å². The molecule has 0 radical (unpaired) electrons. The normalized spacial score (nSPS) is 11.6. The number of rotatable bonds is 5. The van der Waals surface area contributed by atoms with Crippen LogP contribution in [0.2, 0.25) is 0 Å². The predicted molar refractivity (Wildman–Crippen MR) is 62.3 cm³/mol. The number of primary amides is 1. The van der Waals surface area contributed by atoms with Crippen molar-refractivity contribution in [3.05, 3.63) is 33.9 Å². The number of carboxylic acids is 1. The number of anilines is 1. The van der Waals surface area contributed by atoms with Gasteiger partial charge in [0.15, 0.2) is 0 Å². The summed E-state index contributed by atoms with van der Waals surface area (Å²) in [7, 11) is 0. The first-order chi connectivity index (χ1) is 8.32. The second-order valence-corrected chi connectivity index (χ2v) is 3.56. The van der Waals surface area contributed by atoms with Crippen molar-refractivity contribution in [1.29, 1.82) is 0 Å². The van der Waals surface area contributed by atoms with Crippen LogP contribution in [0, 0.1) is 10.1 Å². The average molecular weight is 253 g/mol. The molecule has 1 aromatic carbocycles. The molecule has 0 aliphatic rings. The number of nitrogens with one attached hydrogen (secondary N) is 1. The molecular weight excluding hydrogens is 242 g/mol. The molecule has 8 nitrogen and oxygen atoms in total. The van der Waals surface area contributed by atoms with E-state index in [0.29, 0.717) is 0 Å². The summed E-state index contributed by atoms with van der Waals surface area (Å²) in [5, 5.41) is 22.0. The quantitative estimate of drug-likeness (QED) is 0.518. The monoisotopic (exact) mass is 253 g/mol. The number of nitrogens with two attached hydrogens (primary N) is 1. The van der Waals surface area contributed by atoms with Crippen molar-refractivity contribution in [3.8, 4) is 0 Å². The Labute approximate surface area is 102 Å². The van der Waals surface area contributed by atoms with Crippen LogP contribution in [0.5, 0.6) is 0 Å². The molecule has 0 aliphatic carbocycles. The van der Waals surface area contributed by atoms with E-state index < -0.39 is 28.5 Å². The smallest absolute Gasteiger partial charge is 0.325 e. The van der Waals surface area contributed by atoms with E-state index in [1.807, 2.05) is 0 Å². The molecule has 0 fully saturated rings. The van der Waals surface area contributed by atoms with E-state index in [1.165, 1.54) is 19.1 Å². The summed E-state index contributed by atoms with van der Waals surface area (Å²) in [5.74, 6) is -1.95. The van der Waals surface area contributed by atoms with Gasteiger partial charge in [-0.25, -0.2) is 0 Å². The van der Waals surface area contributed by atoms with Crippen molar-refractivity contribution >= 4 is 23.3 Å². The Hall–Kier alpha value is -2.64. The Morgan fingerprint density at radius 3 is 2.56 bits per heavy atom. The zero-order valence-corrected chi connectivity index (χ0v) is 9.41. The number of carboxylic acid groups (broad SMARTS) is 1. The molecule has 0 bridgehead atoms. The van der Waals surface area contributed by atoms with E-state index >= 15 is 0 Å². The van der Waals surface area contributed by atoms with Crippen LogP contribution in [-0.4, -0.2) is 27.9 Å². The third-order valence-corrected chi connectivity index (χ3v) is 2.22. The maximum atomic E-state index is 10.9. The van der Waals surface area contributed by atoms with E-state index in [2.05, 4.69) is 5.32 Å². The molecule has 1 atom stereocenters. The first kappa shape index (κ1) is 13.4. The molecule has 0 aliphatic heterocycles. The summed E-state index contributed by atoms with van der Waals surface area (Å²) in [6, 6.07) is 2.53. The molecule has 1 aromatic rings. The number of carbonyl (C=O) groups excluding carboxylic acids is 1. The van der Waals surface area contributed by atoms with Gasteiger partial charge in [-0.3, -0.25) is 19.7 Å². The molecule has 8 heteroatoms. The number of hydrogen-bond acceptors (Lipinski definition) is 5. The Morgan fingerprint density at radius 2 is 2.11 bits per heavy atom. The Morgan fingerprint density at radius 1 is 1.50 bits per heavy atom. The summed E-state index contributed by atoms with van der Waals surface area (Å²) in [6.07, 6.45) is 0. The molecule has 96 valence electrons. The maximum absolute atomic E-state index is 10.9. The van der Waals surface area contributed by atoms with Gasteiger partial charge in [0.2, 0.25) is 5.91 Å². The fourth-order valence-electron chi connectivity index (χ4n) is 1.25. The van der Waals surface area contributed by atoms with E-state index in [0.717, 1.165) is 6.07 Å². The number of hydrogen-bond donors (Lipinski definition) is 3. The summed E-state index contributed by atoms with van der Waals surface area (Å²) in [6.45, 7) is 1.34. The molecule has 1 unspecified atom stereocenters. The maximum Gasteiger partial charge on any atom is 0.325 e. The molecule has 18 heavy (non-hydrogen) atoms. The fourth-order valence-corrected chi connectivity index (χ4v) is 1.25. The van der Waals surface area contributed by atoms with Gasteiger partial charge >= 0.3 is 5.97 Å². The van der Waals surface area contributed by atoms with Crippen LogP contribution < -0.4 is 11.1 Å². The second-order valence-electron chi connectivity index (χ2n) is 3.56. The largest absolute Gasteiger partial charge is 0.480 e. The van der Waals surface area contributed by atoms with Crippen molar-refractivity contribution < 1.29 is 19.6 Å². The number of amides is 1. The average Bonchev–Trinajstić information content (AvgIpc) is 2.28. The predicted octanol–water partition coefficient (Wildman–Crippen LogP) is 0.579. The lowest BCUT2D eigenvalue weighted by Crippen LogP contribution is -2.25. The molecule has 0 spiro atoms. The highest BCUT2D eigenvalue weighted by molar-refractivity contribution is 5.94. The minimum Gasteiger partial charge on any atom is -0.480 e. The van der Waals surface area contributed by atoms with Crippen LogP contribution >= 0.6 is 0 Å². The van der Waals surface area contributed by atoms with Gasteiger partial charge < -0.3 is 16.2 Å². The summed E-state index contributed by atoms with van der Waals surface area (Å²) in [5.41, 5.74) is 4.60. The highest BCUT2D eigenvalue weighted by atomic mass is 16.6. The van der Waals surface area contributed by atoms with Crippen LogP contribution in [0.15, 0.2) is 18.2 Å². The standard InChI is InChI=1S/C10H11N3O5/c1-5(10(15)16)12-7-3-2-6(9(11)14)4-8(7)13(17)18/h2-5,12H,1H3,(H2,11,14)(H,15,16). The van der Waals surface area contributed by atoms with Crippen LogP contribution in [0.1, 0.15) is 17.3 Å². The number of carbonyl (C=O) groups is 2. The number of aliphatic carboxylic acids is 1. The zero-order valence-electron chi connectivity index (χ0n) is 9.41. The van der Waals surface area contributed by atoms with Crippen LogP contribution in [0.25, 0.3) is 0 Å². The summed E-state index contributed by atoms with van der Waals surface area (Å²) in [4.78, 5) is 31.7. The summed E-state index contributed by atoms with van der Waals surface area (Å²) >= 11 is 0. The molecule has 0 aromatic heterocycles. The van der Waals surface area contributed by atoms with E-state index in [4.69, 9.17) is 10.8 Å². The van der Waals surface area contributed by atoms with Crippen LogP contribution in [0.4, 0.5) is 11.4 Å². The lowest BCUT2D eigenvalue weighted by Gasteiger charge is -2.11.